The van der Waals surface area contributed by atoms with E-state index in [0.29, 0.717) is 0 Å². The molecule has 2 nitrogen and oxygen atoms in total. The molecule has 0 aliphatic carbocycles. The average Bonchev–Trinajstić information content (AvgIpc) is 2.67. The van der Waals surface area contributed by atoms with Gasteiger partial charge in [0.25, 0.3) is 0 Å². The molecule has 0 N–H and O–H groups in total. The second-order valence-corrected chi connectivity index (χ2v) is 4.30. The highest BCUT2D eigenvalue weighted by atomic mass is 32.1. The fourth-order valence-corrected chi connectivity index (χ4v) is 2.86. The Hall–Kier alpha value is -1.74. The van der Waals surface area contributed by atoms with Crippen molar-refractivity contribution in [2.24, 2.45) is 0 Å². The van der Waals surface area contributed by atoms with Crippen LogP contribution in [0.1, 0.15) is 10.4 Å². The second-order valence-electron chi connectivity index (χ2n) is 3.30. The van der Waals surface area contributed by atoms with Gasteiger partial charge in [0.05, 0.1) is 0 Å². The van der Waals surface area contributed by atoms with Crippen LogP contribution < -0.4 is 0 Å². The Morgan fingerprint density at radius 1 is 1.13 bits per heavy atom. The van der Waals surface area contributed by atoms with Crippen LogP contribution in [0.2, 0.25) is 0 Å². The van der Waals surface area contributed by atoms with E-state index < -0.39 is 0 Å². The Balaban J connectivity index is 2.59. The van der Waals surface area contributed by atoms with Gasteiger partial charge >= 0.3 is 0 Å². The third-order valence-corrected chi connectivity index (χ3v) is 3.61. The first-order valence-corrected chi connectivity index (χ1v) is 5.43. The highest BCUT2D eigenvalue weighted by molar-refractivity contribution is 7.25. The Morgan fingerprint density at radius 2 is 2.00 bits per heavy atom. The van der Waals surface area contributed by atoms with Gasteiger partial charge in [0.1, 0.15) is 4.83 Å². The van der Waals surface area contributed by atoms with Crippen LogP contribution in [0, 0.1) is 0 Å². The van der Waals surface area contributed by atoms with E-state index in [1.807, 2.05) is 30.3 Å². The zero-order valence-corrected chi connectivity index (χ0v) is 8.62. The van der Waals surface area contributed by atoms with Crippen LogP contribution in [-0.2, 0) is 0 Å². The molecule has 3 aromatic rings. The molecule has 0 atom stereocenters. The van der Waals surface area contributed by atoms with Crippen molar-refractivity contribution in [3.8, 4) is 0 Å². The summed E-state index contributed by atoms with van der Waals surface area (Å²) in [6.07, 6.45) is 2.68. The first-order chi connectivity index (χ1) is 7.40. The van der Waals surface area contributed by atoms with E-state index in [1.165, 1.54) is 0 Å². The lowest BCUT2D eigenvalue weighted by Crippen LogP contribution is -1.77. The maximum Gasteiger partial charge on any atom is 0.151 e. The van der Waals surface area contributed by atoms with Crippen molar-refractivity contribution < 1.29 is 4.79 Å². The van der Waals surface area contributed by atoms with Crippen LogP contribution >= 0.6 is 11.3 Å². The fraction of sp³-hybridized carbons (Fsp3) is 0. The van der Waals surface area contributed by atoms with Gasteiger partial charge in [0.2, 0.25) is 0 Å². The van der Waals surface area contributed by atoms with Crippen LogP contribution in [-0.4, -0.2) is 11.3 Å². The number of aromatic nitrogens is 1. The van der Waals surface area contributed by atoms with Crippen LogP contribution in [0.3, 0.4) is 0 Å². The molecule has 0 saturated heterocycles. The van der Waals surface area contributed by atoms with Gasteiger partial charge in [-0.05, 0) is 12.1 Å². The lowest BCUT2D eigenvalue weighted by molar-refractivity contribution is 0.112. The molecule has 0 unspecified atom stereocenters. The van der Waals surface area contributed by atoms with E-state index in [2.05, 4.69) is 4.98 Å². The number of rotatable bonds is 1. The molecule has 72 valence electrons. The summed E-state index contributed by atoms with van der Waals surface area (Å²) in [6, 6.07) is 9.73. The molecule has 0 saturated carbocycles. The van der Waals surface area contributed by atoms with Crippen molar-refractivity contribution >= 4 is 37.9 Å². The zero-order chi connectivity index (χ0) is 10.3. The maximum atomic E-state index is 10.9. The van der Waals surface area contributed by atoms with Gasteiger partial charge in [-0.15, -0.1) is 11.3 Å². The average molecular weight is 213 g/mol. The molecule has 0 radical (unpaired) electrons. The number of carbonyl (C=O) groups is 1. The fourth-order valence-electron chi connectivity index (χ4n) is 1.75. The van der Waals surface area contributed by atoms with Gasteiger partial charge in [-0.25, -0.2) is 4.98 Å². The number of hydrogen-bond donors (Lipinski definition) is 0. The normalized spacial score (nSPS) is 10.9. The second kappa shape index (κ2) is 3.14. The van der Waals surface area contributed by atoms with Gasteiger partial charge < -0.3 is 0 Å². The Bertz CT molecular complexity index is 657. The SMILES string of the molecule is O=Cc1cccc2c1sc1ncccc12. The summed E-state index contributed by atoms with van der Waals surface area (Å²) in [4.78, 5) is 16.2. The minimum atomic E-state index is 0.746. The first-order valence-electron chi connectivity index (χ1n) is 4.61. The molecule has 0 aliphatic heterocycles. The number of pyridine rings is 1. The van der Waals surface area contributed by atoms with Crippen molar-refractivity contribution in [3.63, 3.8) is 0 Å². The molecular weight excluding hydrogens is 206 g/mol. The van der Waals surface area contributed by atoms with Crippen LogP contribution in [0.4, 0.5) is 0 Å². The molecule has 3 rings (SSSR count). The van der Waals surface area contributed by atoms with Crippen LogP contribution in [0.15, 0.2) is 36.5 Å². The van der Waals surface area contributed by atoms with E-state index in [1.54, 1.807) is 17.5 Å². The van der Waals surface area contributed by atoms with E-state index in [9.17, 15) is 4.79 Å². The topological polar surface area (TPSA) is 30.0 Å². The smallest absolute Gasteiger partial charge is 0.151 e. The predicted molar refractivity (Wildman–Crippen MR) is 62.5 cm³/mol. The van der Waals surface area contributed by atoms with E-state index in [-0.39, 0.29) is 0 Å². The highest BCUT2D eigenvalue weighted by Crippen LogP contribution is 2.33. The minimum absolute atomic E-state index is 0.746. The molecule has 0 aliphatic rings. The monoisotopic (exact) mass is 213 g/mol. The Morgan fingerprint density at radius 3 is 2.87 bits per heavy atom. The molecule has 2 heterocycles. The van der Waals surface area contributed by atoms with E-state index in [4.69, 9.17) is 0 Å². The van der Waals surface area contributed by atoms with Crippen molar-refractivity contribution in [1.29, 1.82) is 0 Å². The van der Waals surface area contributed by atoms with Gasteiger partial charge in [-0.2, -0.15) is 0 Å². The highest BCUT2D eigenvalue weighted by Gasteiger charge is 2.07. The summed E-state index contributed by atoms with van der Waals surface area (Å²) < 4.78 is 1.03. The zero-order valence-electron chi connectivity index (χ0n) is 7.81. The minimum Gasteiger partial charge on any atom is -0.298 e. The number of fused-ring (bicyclic) bond motifs is 3. The number of benzene rings is 1. The summed E-state index contributed by atoms with van der Waals surface area (Å²) in [5.41, 5.74) is 0.746. The number of carbonyl (C=O) groups excluding carboxylic acids is 1. The molecular formula is C12H7NOS. The lowest BCUT2D eigenvalue weighted by atomic mass is 10.1. The molecule has 0 bridgehead atoms. The Labute approximate surface area is 90.2 Å². The predicted octanol–water partition coefficient (Wildman–Crippen LogP) is 3.26. The molecule has 3 heteroatoms. The van der Waals surface area contributed by atoms with Crippen molar-refractivity contribution in [3.05, 3.63) is 42.1 Å². The number of nitrogens with zero attached hydrogens (tertiary/aromatic N) is 1. The summed E-state index contributed by atoms with van der Waals surface area (Å²) >= 11 is 1.57. The number of thiophene rings is 1. The number of hydrogen-bond acceptors (Lipinski definition) is 3. The maximum absolute atomic E-state index is 10.9. The van der Waals surface area contributed by atoms with E-state index in [0.717, 1.165) is 32.2 Å². The van der Waals surface area contributed by atoms with Crippen molar-refractivity contribution in [1.82, 2.24) is 4.98 Å². The lowest BCUT2D eigenvalue weighted by Gasteiger charge is -1.92. The molecule has 0 spiro atoms. The Kier molecular flexibility index (Phi) is 1.79. The van der Waals surface area contributed by atoms with E-state index >= 15 is 0 Å². The van der Waals surface area contributed by atoms with Crippen molar-refractivity contribution in [2.45, 2.75) is 0 Å². The van der Waals surface area contributed by atoms with Crippen LogP contribution in [0.5, 0.6) is 0 Å². The van der Waals surface area contributed by atoms with Crippen LogP contribution in [0.25, 0.3) is 20.3 Å². The molecule has 2 aromatic heterocycles. The first kappa shape index (κ1) is 8.56. The van der Waals surface area contributed by atoms with Gasteiger partial charge in [0, 0.05) is 27.2 Å². The summed E-state index contributed by atoms with van der Waals surface area (Å²) in [7, 11) is 0. The van der Waals surface area contributed by atoms with Gasteiger partial charge in [-0.1, -0.05) is 18.2 Å². The summed E-state index contributed by atoms with van der Waals surface area (Å²) in [5, 5.41) is 2.24. The summed E-state index contributed by atoms with van der Waals surface area (Å²) in [5.74, 6) is 0. The third kappa shape index (κ3) is 1.17. The molecule has 1 aromatic carbocycles. The number of aldehydes is 1. The largest absolute Gasteiger partial charge is 0.298 e. The van der Waals surface area contributed by atoms with Crippen molar-refractivity contribution in [2.75, 3.05) is 0 Å². The van der Waals surface area contributed by atoms with Gasteiger partial charge in [-0.3, -0.25) is 4.79 Å². The third-order valence-electron chi connectivity index (χ3n) is 2.43. The molecule has 0 amide bonds. The quantitative estimate of drug-likeness (QED) is 0.581. The summed E-state index contributed by atoms with van der Waals surface area (Å²) in [6.45, 7) is 0. The standard InChI is InChI=1S/C12H7NOS/c14-7-8-3-1-4-9-10-5-2-6-13-12(10)15-11(8)9/h1-7H. The molecule has 0 fully saturated rings. The van der Waals surface area contributed by atoms with Gasteiger partial charge in [0.15, 0.2) is 6.29 Å². The molecule has 15 heavy (non-hydrogen) atoms.